The number of rotatable bonds is 9. The van der Waals surface area contributed by atoms with Crippen LogP contribution in [0.25, 0.3) is 0 Å². The summed E-state index contributed by atoms with van der Waals surface area (Å²) in [5.41, 5.74) is 3.14. The van der Waals surface area contributed by atoms with Crippen LogP contribution in [0, 0.1) is 13.8 Å². The van der Waals surface area contributed by atoms with E-state index in [0.717, 1.165) is 28.6 Å². The maximum atomic E-state index is 12.4. The van der Waals surface area contributed by atoms with Crippen LogP contribution in [0.3, 0.4) is 0 Å². The third-order valence-electron chi connectivity index (χ3n) is 4.92. The topological polar surface area (TPSA) is 78.3 Å². The molecule has 8 heteroatoms. The zero-order valence-electron chi connectivity index (χ0n) is 18.5. The molecule has 3 rings (SSSR count). The van der Waals surface area contributed by atoms with E-state index < -0.39 is 0 Å². The fraction of sp³-hybridized carbons (Fsp3) is 0.348. The van der Waals surface area contributed by atoms with E-state index in [1.165, 1.54) is 17.3 Å². The van der Waals surface area contributed by atoms with E-state index in [0.29, 0.717) is 11.7 Å². The van der Waals surface area contributed by atoms with Crippen LogP contribution in [-0.2, 0) is 11.3 Å². The van der Waals surface area contributed by atoms with E-state index in [9.17, 15) is 4.79 Å². The molecule has 3 aromatic rings. The van der Waals surface area contributed by atoms with Gasteiger partial charge in [-0.1, -0.05) is 17.8 Å². The first-order valence-electron chi connectivity index (χ1n) is 10.1. The average Bonchev–Trinajstić information content (AvgIpc) is 3.18. The lowest BCUT2D eigenvalue weighted by molar-refractivity contribution is -0.113. The lowest BCUT2D eigenvalue weighted by atomic mass is 10.1. The number of hydrogen-bond acceptors (Lipinski definition) is 6. The molecule has 164 valence electrons. The summed E-state index contributed by atoms with van der Waals surface area (Å²) < 4.78 is 13.2. The Morgan fingerprint density at radius 2 is 1.81 bits per heavy atom. The third-order valence-corrected chi connectivity index (χ3v) is 5.89. The summed E-state index contributed by atoms with van der Waals surface area (Å²) in [6.07, 6.45) is -0.292. The maximum Gasteiger partial charge on any atom is 0.234 e. The molecule has 0 aliphatic heterocycles. The smallest absolute Gasteiger partial charge is 0.234 e. The lowest BCUT2D eigenvalue weighted by Gasteiger charge is -2.16. The first-order valence-corrected chi connectivity index (χ1v) is 11.1. The Hall–Kier alpha value is -3.00. The highest BCUT2D eigenvalue weighted by molar-refractivity contribution is 7.99. The number of aryl methyl sites for hydroxylation is 2. The SMILES string of the molecule is CCn1c(SCC(=O)Nc2ccc(C)c(C)c2)nnc1C(C)Oc1ccc(OC)cc1. The summed E-state index contributed by atoms with van der Waals surface area (Å²) in [5.74, 6) is 2.38. The Bertz CT molecular complexity index is 1030. The molecule has 0 aliphatic rings. The Kier molecular flexibility index (Phi) is 7.57. The Balaban J connectivity index is 1.61. The molecule has 0 fully saturated rings. The van der Waals surface area contributed by atoms with E-state index in [1.54, 1.807) is 7.11 Å². The number of carbonyl (C=O) groups is 1. The predicted molar refractivity (Wildman–Crippen MR) is 123 cm³/mol. The van der Waals surface area contributed by atoms with Crippen molar-refractivity contribution in [2.75, 3.05) is 18.2 Å². The van der Waals surface area contributed by atoms with Gasteiger partial charge in [0.25, 0.3) is 0 Å². The molecule has 1 amide bonds. The van der Waals surface area contributed by atoms with Gasteiger partial charge in [-0.25, -0.2) is 0 Å². The van der Waals surface area contributed by atoms with Gasteiger partial charge in [-0.15, -0.1) is 10.2 Å². The van der Waals surface area contributed by atoms with E-state index in [2.05, 4.69) is 15.5 Å². The van der Waals surface area contributed by atoms with Crippen LogP contribution in [0.4, 0.5) is 5.69 Å². The number of nitrogens with one attached hydrogen (secondary N) is 1. The van der Waals surface area contributed by atoms with Crippen molar-refractivity contribution in [3.05, 3.63) is 59.4 Å². The van der Waals surface area contributed by atoms with Gasteiger partial charge in [-0.05, 0) is 75.2 Å². The number of ether oxygens (including phenoxy) is 2. The van der Waals surface area contributed by atoms with Crippen LogP contribution in [0.5, 0.6) is 11.5 Å². The Labute approximate surface area is 187 Å². The lowest BCUT2D eigenvalue weighted by Crippen LogP contribution is -2.15. The molecule has 1 unspecified atom stereocenters. The van der Waals surface area contributed by atoms with Crippen LogP contribution in [-0.4, -0.2) is 33.5 Å². The molecule has 1 heterocycles. The molecule has 7 nitrogen and oxygen atoms in total. The molecule has 1 atom stereocenters. The molecule has 0 saturated carbocycles. The molecule has 31 heavy (non-hydrogen) atoms. The molecular formula is C23H28N4O3S. The molecule has 1 aromatic heterocycles. The van der Waals surface area contributed by atoms with Crippen LogP contribution in [0.2, 0.25) is 0 Å². The Morgan fingerprint density at radius 1 is 1.10 bits per heavy atom. The number of hydrogen-bond donors (Lipinski definition) is 1. The third kappa shape index (κ3) is 5.79. The van der Waals surface area contributed by atoms with Crippen molar-refractivity contribution in [1.82, 2.24) is 14.8 Å². The second-order valence-corrected chi connectivity index (χ2v) is 8.10. The van der Waals surface area contributed by atoms with Gasteiger partial charge in [0.15, 0.2) is 17.1 Å². The summed E-state index contributed by atoms with van der Waals surface area (Å²) in [4.78, 5) is 12.4. The first-order chi connectivity index (χ1) is 14.9. The quantitative estimate of drug-likeness (QED) is 0.482. The largest absolute Gasteiger partial charge is 0.497 e. The second-order valence-electron chi connectivity index (χ2n) is 7.16. The molecule has 2 aromatic carbocycles. The molecule has 0 saturated heterocycles. The first kappa shape index (κ1) is 22.7. The molecule has 0 spiro atoms. The molecular weight excluding hydrogens is 412 g/mol. The van der Waals surface area contributed by atoms with Crippen molar-refractivity contribution in [3.63, 3.8) is 0 Å². The number of carbonyl (C=O) groups excluding carboxylic acids is 1. The van der Waals surface area contributed by atoms with Crippen molar-refractivity contribution in [2.45, 2.75) is 45.5 Å². The zero-order chi connectivity index (χ0) is 22.4. The van der Waals surface area contributed by atoms with Crippen LogP contribution >= 0.6 is 11.8 Å². The van der Waals surface area contributed by atoms with Gasteiger partial charge in [0.2, 0.25) is 5.91 Å². The number of anilines is 1. The summed E-state index contributed by atoms with van der Waals surface area (Å²) >= 11 is 1.36. The molecule has 0 radical (unpaired) electrons. The minimum Gasteiger partial charge on any atom is -0.497 e. The van der Waals surface area contributed by atoms with Crippen molar-refractivity contribution in [2.24, 2.45) is 0 Å². The molecule has 0 bridgehead atoms. The van der Waals surface area contributed by atoms with Crippen LogP contribution < -0.4 is 14.8 Å². The number of aromatic nitrogens is 3. The van der Waals surface area contributed by atoms with Gasteiger partial charge in [0, 0.05) is 12.2 Å². The van der Waals surface area contributed by atoms with Crippen molar-refractivity contribution < 1.29 is 14.3 Å². The molecule has 0 aliphatic carbocycles. The number of amides is 1. The number of methoxy groups -OCH3 is 1. The van der Waals surface area contributed by atoms with Gasteiger partial charge in [0.05, 0.1) is 12.9 Å². The summed E-state index contributed by atoms with van der Waals surface area (Å²) in [7, 11) is 1.63. The normalized spacial score (nSPS) is 11.8. The van der Waals surface area contributed by atoms with Gasteiger partial charge in [-0.3, -0.25) is 4.79 Å². The summed E-state index contributed by atoms with van der Waals surface area (Å²) in [6, 6.07) is 13.3. The van der Waals surface area contributed by atoms with E-state index in [-0.39, 0.29) is 17.8 Å². The summed E-state index contributed by atoms with van der Waals surface area (Å²) in [5, 5.41) is 12.2. The standard InChI is InChI=1S/C23H28N4O3S/c1-6-27-22(17(4)30-20-11-9-19(29-5)10-12-20)25-26-23(27)31-14-21(28)24-18-8-7-15(2)16(3)13-18/h7-13,17H,6,14H2,1-5H3,(H,24,28). The number of nitrogens with zero attached hydrogens (tertiary/aromatic N) is 3. The van der Waals surface area contributed by atoms with Gasteiger partial charge in [0.1, 0.15) is 11.5 Å². The fourth-order valence-electron chi connectivity index (χ4n) is 3.06. The fourth-order valence-corrected chi connectivity index (χ4v) is 3.87. The van der Waals surface area contributed by atoms with Crippen molar-refractivity contribution >= 4 is 23.4 Å². The van der Waals surface area contributed by atoms with E-state index >= 15 is 0 Å². The highest BCUT2D eigenvalue weighted by Crippen LogP contribution is 2.26. The van der Waals surface area contributed by atoms with Crippen molar-refractivity contribution in [1.29, 1.82) is 0 Å². The second kappa shape index (κ2) is 10.3. The van der Waals surface area contributed by atoms with E-state index in [1.807, 2.05) is 74.7 Å². The maximum absolute atomic E-state index is 12.4. The zero-order valence-corrected chi connectivity index (χ0v) is 19.3. The predicted octanol–water partition coefficient (Wildman–Crippen LogP) is 4.79. The van der Waals surface area contributed by atoms with E-state index in [4.69, 9.17) is 9.47 Å². The number of thioether (sulfide) groups is 1. The average molecular weight is 441 g/mol. The van der Waals surface area contributed by atoms with Gasteiger partial charge >= 0.3 is 0 Å². The summed E-state index contributed by atoms with van der Waals surface area (Å²) in [6.45, 7) is 8.71. The minimum atomic E-state index is -0.292. The molecule has 1 N–H and O–H groups in total. The Morgan fingerprint density at radius 3 is 2.45 bits per heavy atom. The number of benzene rings is 2. The highest BCUT2D eigenvalue weighted by Gasteiger charge is 2.19. The van der Waals surface area contributed by atoms with Crippen molar-refractivity contribution in [3.8, 4) is 11.5 Å². The monoisotopic (exact) mass is 440 g/mol. The van der Waals surface area contributed by atoms with Gasteiger partial charge in [-0.2, -0.15) is 0 Å². The van der Waals surface area contributed by atoms with Crippen LogP contribution in [0.1, 0.15) is 36.9 Å². The van der Waals surface area contributed by atoms with Gasteiger partial charge < -0.3 is 19.4 Å². The highest BCUT2D eigenvalue weighted by atomic mass is 32.2. The van der Waals surface area contributed by atoms with Crippen LogP contribution in [0.15, 0.2) is 47.6 Å². The minimum absolute atomic E-state index is 0.0806.